The fourth-order valence-corrected chi connectivity index (χ4v) is 1.85. The van der Waals surface area contributed by atoms with Crippen LogP contribution in [0, 0.1) is 11.3 Å². The molecule has 0 unspecified atom stereocenters. The number of pyridine rings is 1. The molecule has 0 aliphatic rings. The summed E-state index contributed by atoms with van der Waals surface area (Å²) >= 11 is 5.96. The Balaban J connectivity index is 2.37. The molecule has 2 aromatic rings. The summed E-state index contributed by atoms with van der Waals surface area (Å²) in [4.78, 5) is 17.7. The normalized spacial score (nSPS) is 9.85. The van der Waals surface area contributed by atoms with Crippen LogP contribution in [0.5, 0.6) is 0 Å². The van der Waals surface area contributed by atoms with Crippen molar-refractivity contribution in [2.75, 3.05) is 17.7 Å². The van der Waals surface area contributed by atoms with Crippen LogP contribution >= 0.6 is 11.6 Å². The minimum atomic E-state index is -0.391. The average molecular weight is 287 g/mol. The van der Waals surface area contributed by atoms with E-state index in [1.54, 1.807) is 31.3 Å². The van der Waals surface area contributed by atoms with Crippen LogP contribution in [0.1, 0.15) is 16.1 Å². The Bertz CT molecular complexity index is 709. The number of rotatable bonds is 2. The van der Waals surface area contributed by atoms with Crippen LogP contribution < -0.4 is 10.6 Å². The molecule has 1 aromatic heterocycles. The molecule has 0 radical (unpaired) electrons. The minimum absolute atomic E-state index is 0.0801. The molecule has 2 N–H and O–H groups in total. The zero-order valence-corrected chi connectivity index (χ0v) is 11.4. The number of nitriles is 1. The molecule has 5 nitrogen and oxygen atoms in total. The van der Waals surface area contributed by atoms with Gasteiger partial charge >= 0.3 is 0 Å². The molecule has 6 heteroatoms. The lowest BCUT2D eigenvalue weighted by Crippen LogP contribution is -2.27. The van der Waals surface area contributed by atoms with Gasteiger partial charge in [0.25, 0.3) is 5.91 Å². The number of nitrogens with zero attached hydrogens (tertiary/aromatic N) is 3. The van der Waals surface area contributed by atoms with Crippen molar-refractivity contribution < 1.29 is 4.79 Å². The predicted octanol–water partition coefficient (Wildman–Crippen LogP) is 2.47. The lowest BCUT2D eigenvalue weighted by Gasteiger charge is -2.17. The Morgan fingerprint density at radius 2 is 2.15 bits per heavy atom. The number of halogens is 1. The van der Waals surface area contributed by atoms with E-state index in [2.05, 4.69) is 4.98 Å². The van der Waals surface area contributed by atoms with Crippen molar-refractivity contribution in [2.24, 2.45) is 0 Å². The molecule has 2 rings (SSSR count). The van der Waals surface area contributed by atoms with Gasteiger partial charge in [-0.15, -0.1) is 0 Å². The van der Waals surface area contributed by atoms with Gasteiger partial charge in [0.1, 0.15) is 11.5 Å². The van der Waals surface area contributed by atoms with Gasteiger partial charge in [0.05, 0.1) is 16.7 Å². The maximum Gasteiger partial charge on any atom is 0.278 e. The standard InChI is InChI=1S/C14H11ClN4O/c1-19(10-4-2-3-9(7-10)8-16)14(20)13-11(15)5-6-12(17)18-13/h2-7H,1H3,(H2,17,18). The van der Waals surface area contributed by atoms with Gasteiger partial charge in [-0.1, -0.05) is 17.7 Å². The van der Waals surface area contributed by atoms with Gasteiger partial charge in [0, 0.05) is 12.7 Å². The zero-order valence-electron chi connectivity index (χ0n) is 10.7. The number of anilines is 2. The van der Waals surface area contributed by atoms with E-state index in [4.69, 9.17) is 22.6 Å². The second-order valence-corrected chi connectivity index (χ2v) is 4.50. The zero-order chi connectivity index (χ0) is 14.7. The molecule has 1 amide bonds. The molecule has 0 bridgehead atoms. The number of nitrogens with two attached hydrogens (primary N) is 1. The highest BCUT2D eigenvalue weighted by molar-refractivity contribution is 6.34. The summed E-state index contributed by atoms with van der Waals surface area (Å²) in [5.74, 6) is -0.172. The first-order valence-electron chi connectivity index (χ1n) is 5.73. The smallest absolute Gasteiger partial charge is 0.278 e. The molecule has 0 fully saturated rings. The number of aromatic nitrogens is 1. The lowest BCUT2D eigenvalue weighted by atomic mass is 10.2. The monoisotopic (exact) mass is 286 g/mol. The van der Waals surface area contributed by atoms with E-state index in [0.29, 0.717) is 11.3 Å². The molecule has 1 aromatic carbocycles. The molecule has 1 heterocycles. The highest BCUT2D eigenvalue weighted by Gasteiger charge is 2.18. The number of carbonyl (C=O) groups is 1. The second-order valence-electron chi connectivity index (χ2n) is 4.09. The summed E-state index contributed by atoms with van der Waals surface area (Å²) < 4.78 is 0. The van der Waals surface area contributed by atoms with E-state index >= 15 is 0 Å². The van der Waals surface area contributed by atoms with Crippen molar-refractivity contribution in [3.63, 3.8) is 0 Å². The topological polar surface area (TPSA) is 83.0 Å². The number of hydrogen-bond acceptors (Lipinski definition) is 4. The first-order valence-corrected chi connectivity index (χ1v) is 6.11. The molecule has 0 spiro atoms. The first kappa shape index (κ1) is 13.8. The van der Waals surface area contributed by atoms with Gasteiger partial charge in [0.15, 0.2) is 0 Å². The molecule has 0 aliphatic heterocycles. The number of carbonyl (C=O) groups excluding carboxylic acids is 1. The van der Waals surface area contributed by atoms with Gasteiger partial charge in [-0.05, 0) is 30.3 Å². The van der Waals surface area contributed by atoms with E-state index in [-0.39, 0.29) is 16.5 Å². The van der Waals surface area contributed by atoms with Gasteiger partial charge in [0.2, 0.25) is 0 Å². The predicted molar refractivity (Wildman–Crippen MR) is 77.5 cm³/mol. The van der Waals surface area contributed by atoms with Crippen molar-refractivity contribution in [1.29, 1.82) is 5.26 Å². The number of benzene rings is 1. The maximum absolute atomic E-state index is 12.4. The third-order valence-corrected chi connectivity index (χ3v) is 3.04. The Morgan fingerprint density at radius 1 is 1.40 bits per heavy atom. The SMILES string of the molecule is CN(C(=O)c1nc(N)ccc1Cl)c1cccc(C#N)c1. The Labute approximate surface area is 121 Å². The largest absolute Gasteiger partial charge is 0.384 e. The van der Waals surface area contributed by atoms with Crippen LogP contribution in [0.15, 0.2) is 36.4 Å². The summed E-state index contributed by atoms with van der Waals surface area (Å²) in [5.41, 5.74) is 6.69. The van der Waals surface area contributed by atoms with Crippen molar-refractivity contribution in [1.82, 2.24) is 4.98 Å². The molecular weight excluding hydrogens is 276 g/mol. The molecule has 0 aliphatic carbocycles. The fraction of sp³-hybridized carbons (Fsp3) is 0.0714. The van der Waals surface area contributed by atoms with E-state index < -0.39 is 5.91 Å². The summed E-state index contributed by atoms with van der Waals surface area (Å²) in [5, 5.41) is 9.11. The molecule has 0 saturated heterocycles. The molecule has 100 valence electrons. The van der Waals surface area contributed by atoms with Crippen molar-refractivity contribution in [2.45, 2.75) is 0 Å². The van der Waals surface area contributed by atoms with Crippen LogP contribution in [-0.4, -0.2) is 17.9 Å². The van der Waals surface area contributed by atoms with Crippen LogP contribution in [0.4, 0.5) is 11.5 Å². The quantitative estimate of drug-likeness (QED) is 0.919. The summed E-state index contributed by atoms with van der Waals surface area (Å²) in [6.07, 6.45) is 0. The fourth-order valence-electron chi connectivity index (χ4n) is 1.67. The Kier molecular flexibility index (Phi) is 3.87. The maximum atomic E-state index is 12.4. The van der Waals surface area contributed by atoms with E-state index in [1.165, 1.54) is 17.0 Å². The Hall–Kier alpha value is -2.58. The third-order valence-electron chi connectivity index (χ3n) is 2.74. The lowest BCUT2D eigenvalue weighted by molar-refractivity contribution is 0.0988. The van der Waals surface area contributed by atoms with Crippen molar-refractivity contribution in [3.8, 4) is 6.07 Å². The number of nitrogen functional groups attached to an aromatic ring is 1. The average Bonchev–Trinajstić information content (AvgIpc) is 2.48. The molecule has 20 heavy (non-hydrogen) atoms. The van der Waals surface area contributed by atoms with E-state index in [1.807, 2.05) is 6.07 Å². The highest BCUT2D eigenvalue weighted by atomic mass is 35.5. The van der Waals surface area contributed by atoms with Gasteiger partial charge < -0.3 is 10.6 Å². The number of amides is 1. The van der Waals surface area contributed by atoms with Crippen LogP contribution in [0.25, 0.3) is 0 Å². The minimum Gasteiger partial charge on any atom is -0.384 e. The Morgan fingerprint density at radius 3 is 2.85 bits per heavy atom. The van der Waals surface area contributed by atoms with E-state index in [0.717, 1.165) is 0 Å². The molecule has 0 atom stereocenters. The highest BCUT2D eigenvalue weighted by Crippen LogP contribution is 2.21. The molecule has 0 saturated carbocycles. The summed E-state index contributed by atoms with van der Waals surface area (Å²) in [7, 11) is 1.58. The van der Waals surface area contributed by atoms with Crippen molar-refractivity contribution >= 4 is 29.0 Å². The summed E-state index contributed by atoms with van der Waals surface area (Å²) in [6.45, 7) is 0. The first-order chi connectivity index (χ1) is 9.52. The van der Waals surface area contributed by atoms with Gasteiger partial charge in [-0.2, -0.15) is 5.26 Å². The van der Waals surface area contributed by atoms with Gasteiger partial charge in [-0.25, -0.2) is 4.98 Å². The van der Waals surface area contributed by atoms with Crippen molar-refractivity contribution in [3.05, 3.63) is 52.7 Å². The number of hydrogen-bond donors (Lipinski definition) is 1. The van der Waals surface area contributed by atoms with Gasteiger partial charge in [-0.3, -0.25) is 4.79 Å². The van der Waals surface area contributed by atoms with Crippen LogP contribution in [0.2, 0.25) is 5.02 Å². The third kappa shape index (κ3) is 2.71. The molecular formula is C14H11ClN4O. The second kappa shape index (κ2) is 5.59. The van der Waals surface area contributed by atoms with E-state index in [9.17, 15) is 4.79 Å². The summed E-state index contributed by atoms with van der Waals surface area (Å²) in [6, 6.07) is 11.8. The van der Waals surface area contributed by atoms with Crippen LogP contribution in [-0.2, 0) is 0 Å². The van der Waals surface area contributed by atoms with Crippen LogP contribution in [0.3, 0.4) is 0 Å².